The fourth-order valence-corrected chi connectivity index (χ4v) is 5.59. The van der Waals surface area contributed by atoms with Crippen molar-refractivity contribution >= 4 is 17.6 Å². The van der Waals surface area contributed by atoms with Crippen LogP contribution in [-0.4, -0.2) is 74.0 Å². The molecule has 1 aromatic carbocycles. The van der Waals surface area contributed by atoms with E-state index in [-0.39, 0.29) is 42.1 Å². The zero-order chi connectivity index (χ0) is 23.8. The Kier molecular flexibility index (Phi) is 6.16. The molecule has 180 valence electrons. The van der Waals surface area contributed by atoms with Gasteiger partial charge in [-0.2, -0.15) is 0 Å². The van der Waals surface area contributed by atoms with E-state index in [1.807, 2.05) is 6.92 Å². The van der Waals surface area contributed by atoms with Gasteiger partial charge in [-0.1, -0.05) is 32.8 Å². The molecule has 0 spiro atoms. The summed E-state index contributed by atoms with van der Waals surface area (Å²) in [6.07, 6.45) is 4.97. The highest BCUT2D eigenvalue weighted by atomic mass is 16.5. The SMILES string of the molecule is C[C@H]1CN(C(=O)C(NC(=O)c2cccc(-n3cnnn3)c2)[C@H]2CC[C@H](C)CC2)[C@@H]2C(=O)CO[C@@H]21. The van der Waals surface area contributed by atoms with Gasteiger partial charge in [0.05, 0.1) is 11.8 Å². The Bertz CT molecular complexity index is 1070. The summed E-state index contributed by atoms with van der Waals surface area (Å²) in [7, 11) is 0. The van der Waals surface area contributed by atoms with Gasteiger partial charge in [-0.25, -0.2) is 4.68 Å². The minimum atomic E-state index is -0.684. The smallest absolute Gasteiger partial charge is 0.252 e. The minimum absolute atomic E-state index is 0.0297. The number of aromatic nitrogens is 4. The predicted octanol–water partition coefficient (Wildman–Crippen LogP) is 1.40. The van der Waals surface area contributed by atoms with Gasteiger partial charge in [0.25, 0.3) is 5.91 Å². The molecule has 2 amide bonds. The second-order valence-corrected chi connectivity index (χ2v) is 9.93. The predicted molar refractivity (Wildman–Crippen MR) is 121 cm³/mol. The molecular weight excluding hydrogens is 436 g/mol. The van der Waals surface area contributed by atoms with Crippen LogP contribution in [0.3, 0.4) is 0 Å². The number of carbonyl (C=O) groups is 3. The first-order valence-corrected chi connectivity index (χ1v) is 12.0. The second kappa shape index (κ2) is 9.25. The van der Waals surface area contributed by atoms with Gasteiger partial charge >= 0.3 is 0 Å². The first kappa shape index (κ1) is 22.6. The highest BCUT2D eigenvalue weighted by Gasteiger charge is 2.52. The van der Waals surface area contributed by atoms with E-state index in [1.54, 1.807) is 29.2 Å². The van der Waals surface area contributed by atoms with Crippen LogP contribution < -0.4 is 5.32 Å². The molecule has 4 atom stereocenters. The van der Waals surface area contributed by atoms with Crippen molar-refractivity contribution in [2.75, 3.05) is 13.2 Å². The molecule has 5 rings (SSSR count). The zero-order valence-corrected chi connectivity index (χ0v) is 19.5. The maximum absolute atomic E-state index is 13.9. The normalized spacial score (nSPS) is 29.6. The maximum Gasteiger partial charge on any atom is 0.252 e. The lowest BCUT2D eigenvalue weighted by Crippen LogP contribution is -2.55. The standard InChI is InChI=1S/C24H30N6O4/c1-14-6-8-16(9-7-14)20(24(33)29-11-15(2)22-21(29)19(31)12-34-22)26-23(32)17-4-3-5-18(10-17)30-13-25-27-28-30/h3-5,10,13-16,20-22H,6-9,11-12H2,1-2H3,(H,26,32)/t14-,15-,16-,20?,21+,22+/m0/s1. The van der Waals surface area contributed by atoms with Crippen LogP contribution in [0.4, 0.5) is 0 Å². The van der Waals surface area contributed by atoms with Gasteiger partial charge in [-0.05, 0) is 53.3 Å². The van der Waals surface area contributed by atoms with E-state index < -0.39 is 12.1 Å². The number of rotatable bonds is 5. The van der Waals surface area contributed by atoms with Crippen LogP contribution in [0.15, 0.2) is 30.6 Å². The number of nitrogens with one attached hydrogen (secondary N) is 1. The number of hydrogen-bond donors (Lipinski definition) is 1. The van der Waals surface area contributed by atoms with Crippen LogP contribution in [0.5, 0.6) is 0 Å². The summed E-state index contributed by atoms with van der Waals surface area (Å²) in [4.78, 5) is 41.4. The Morgan fingerprint density at radius 3 is 2.71 bits per heavy atom. The van der Waals surface area contributed by atoms with E-state index in [4.69, 9.17) is 4.74 Å². The first-order valence-electron chi connectivity index (χ1n) is 12.0. The minimum Gasteiger partial charge on any atom is -0.367 e. The van der Waals surface area contributed by atoms with Crippen LogP contribution in [0.1, 0.15) is 49.9 Å². The Morgan fingerprint density at radius 1 is 1.18 bits per heavy atom. The third-order valence-electron chi connectivity index (χ3n) is 7.53. The molecule has 2 aliphatic heterocycles. The van der Waals surface area contributed by atoms with Crippen molar-refractivity contribution in [2.24, 2.45) is 17.8 Å². The molecule has 2 saturated heterocycles. The third-order valence-corrected chi connectivity index (χ3v) is 7.53. The van der Waals surface area contributed by atoms with E-state index in [9.17, 15) is 14.4 Å². The molecule has 1 unspecified atom stereocenters. The van der Waals surface area contributed by atoms with Gasteiger partial charge in [0.2, 0.25) is 5.91 Å². The van der Waals surface area contributed by atoms with Crippen LogP contribution >= 0.6 is 0 Å². The lowest BCUT2D eigenvalue weighted by atomic mass is 9.78. The first-order chi connectivity index (χ1) is 16.4. The lowest BCUT2D eigenvalue weighted by molar-refractivity contribution is -0.139. The summed E-state index contributed by atoms with van der Waals surface area (Å²) >= 11 is 0. The number of Topliss-reactive ketones (excluding diaryl/α,β-unsaturated/α-hetero) is 1. The molecule has 10 heteroatoms. The molecule has 3 heterocycles. The number of fused-ring (bicyclic) bond motifs is 1. The summed E-state index contributed by atoms with van der Waals surface area (Å²) in [5.74, 6) is 0.154. The molecule has 34 heavy (non-hydrogen) atoms. The molecule has 1 aromatic heterocycles. The number of carbonyl (C=O) groups excluding carboxylic acids is 3. The molecule has 1 N–H and O–H groups in total. The van der Waals surface area contributed by atoms with Crippen molar-refractivity contribution in [1.82, 2.24) is 30.4 Å². The van der Waals surface area contributed by atoms with Crippen molar-refractivity contribution in [3.8, 4) is 5.69 Å². The van der Waals surface area contributed by atoms with Crippen LogP contribution in [-0.2, 0) is 14.3 Å². The monoisotopic (exact) mass is 466 g/mol. The number of ether oxygens (including phenoxy) is 1. The van der Waals surface area contributed by atoms with E-state index in [0.29, 0.717) is 23.7 Å². The number of tetrazole rings is 1. The van der Waals surface area contributed by atoms with Gasteiger partial charge in [-0.15, -0.1) is 5.10 Å². The van der Waals surface area contributed by atoms with Crippen molar-refractivity contribution in [3.63, 3.8) is 0 Å². The molecule has 3 fully saturated rings. The maximum atomic E-state index is 13.9. The Morgan fingerprint density at radius 2 is 1.97 bits per heavy atom. The molecule has 3 aliphatic rings. The molecule has 0 bridgehead atoms. The second-order valence-electron chi connectivity index (χ2n) is 9.93. The van der Waals surface area contributed by atoms with E-state index in [1.165, 1.54) is 11.0 Å². The molecule has 1 saturated carbocycles. The highest BCUT2D eigenvalue weighted by molar-refractivity contribution is 5.99. The molecule has 1 aliphatic carbocycles. The fraction of sp³-hybridized carbons (Fsp3) is 0.583. The van der Waals surface area contributed by atoms with Crippen molar-refractivity contribution in [3.05, 3.63) is 36.2 Å². The summed E-state index contributed by atoms with van der Waals surface area (Å²) in [6, 6.07) is 5.72. The summed E-state index contributed by atoms with van der Waals surface area (Å²) in [6.45, 7) is 4.73. The molecule has 2 aromatic rings. The average Bonchev–Trinajstić information content (AvgIpc) is 3.58. The summed E-state index contributed by atoms with van der Waals surface area (Å²) in [5, 5.41) is 14.2. The number of hydrogen-bond acceptors (Lipinski definition) is 7. The number of ketones is 1. The van der Waals surface area contributed by atoms with E-state index >= 15 is 0 Å². The molecule has 10 nitrogen and oxygen atoms in total. The average molecular weight is 467 g/mol. The Labute approximate surface area is 198 Å². The van der Waals surface area contributed by atoms with Crippen molar-refractivity contribution in [1.29, 1.82) is 0 Å². The number of benzene rings is 1. The topological polar surface area (TPSA) is 119 Å². The van der Waals surface area contributed by atoms with E-state index in [2.05, 4.69) is 27.8 Å². The van der Waals surface area contributed by atoms with Gasteiger partial charge < -0.3 is 15.0 Å². The number of likely N-dealkylation sites (tertiary alicyclic amines) is 1. The Hall–Kier alpha value is -3.14. The molecular formula is C24H30N6O4. The lowest BCUT2D eigenvalue weighted by Gasteiger charge is -2.35. The Balaban J connectivity index is 1.39. The van der Waals surface area contributed by atoms with Crippen LogP contribution in [0, 0.1) is 17.8 Å². The fourth-order valence-electron chi connectivity index (χ4n) is 5.59. The summed E-state index contributed by atoms with van der Waals surface area (Å²) < 4.78 is 7.14. The van der Waals surface area contributed by atoms with Gasteiger partial charge in [0.15, 0.2) is 5.78 Å². The largest absolute Gasteiger partial charge is 0.367 e. The number of amides is 2. The van der Waals surface area contributed by atoms with Crippen LogP contribution in [0.25, 0.3) is 5.69 Å². The van der Waals surface area contributed by atoms with Gasteiger partial charge in [0, 0.05) is 18.0 Å². The number of nitrogens with zero attached hydrogens (tertiary/aromatic N) is 5. The highest BCUT2D eigenvalue weighted by Crippen LogP contribution is 2.35. The zero-order valence-electron chi connectivity index (χ0n) is 19.5. The van der Waals surface area contributed by atoms with E-state index in [0.717, 1.165) is 25.7 Å². The quantitative estimate of drug-likeness (QED) is 0.707. The van der Waals surface area contributed by atoms with Crippen molar-refractivity contribution in [2.45, 2.75) is 57.7 Å². The summed E-state index contributed by atoms with van der Waals surface area (Å²) in [5.41, 5.74) is 1.07. The van der Waals surface area contributed by atoms with Gasteiger partial charge in [-0.3, -0.25) is 14.4 Å². The van der Waals surface area contributed by atoms with Crippen LogP contribution in [0.2, 0.25) is 0 Å². The third kappa shape index (κ3) is 4.22. The van der Waals surface area contributed by atoms with Crippen molar-refractivity contribution < 1.29 is 19.1 Å². The molecule has 0 radical (unpaired) electrons. The van der Waals surface area contributed by atoms with Gasteiger partial charge in [0.1, 0.15) is 25.0 Å².